The Labute approximate surface area is 164 Å². The van der Waals surface area contributed by atoms with Gasteiger partial charge in [-0.25, -0.2) is 4.79 Å². The van der Waals surface area contributed by atoms with Crippen LogP contribution in [0.25, 0.3) is 0 Å². The van der Waals surface area contributed by atoms with Gasteiger partial charge in [-0.1, -0.05) is 23.7 Å². The van der Waals surface area contributed by atoms with Gasteiger partial charge in [0.15, 0.2) is 0 Å². The van der Waals surface area contributed by atoms with E-state index >= 15 is 0 Å². The number of nitro groups is 1. The number of halogens is 1. The largest absolute Gasteiger partial charge is 0.462 e. The molecular formula is C18H16ClN3O6. The molecule has 2 amide bonds. The quantitative estimate of drug-likeness (QED) is 0.431. The number of esters is 1. The molecule has 0 heterocycles. The lowest BCUT2D eigenvalue weighted by Crippen LogP contribution is -2.42. The summed E-state index contributed by atoms with van der Waals surface area (Å²) in [5, 5.41) is 11.6. The topological polar surface area (TPSA) is 128 Å². The zero-order valence-electron chi connectivity index (χ0n) is 14.7. The van der Waals surface area contributed by atoms with Crippen molar-refractivity contribution in [2.45, 2.75) is 13.3 Å². The van der Waals surface area contributed by atoms with Crippen LogP contribution in [0.4, 0.5) is 5.69 Å². The first-order valence-electron chi connectivity index (χ1n) is 8.10. The number of non-ortho nitro benzene ring substituents is 1. The van der Waals surface area contributed by atoms with Crippen LogP contribution < -0.4 is 10.9 Å². The van der Waals surface area contributed by atoms with Crippen LogP contribution in [-0.2, 0) is 16.0 Å². The standard InChI is InChI=1S/C18H16ClN3O6/c1-2-28-18(25)13-8-12(9-15(10-13)22(26)27)17(24)21-20-16(23)7-11-3-5-14(19)6-4-11/h3-6,8-10H,2,7H2,1H3,(H,20,23)(H,21,24). The Kier molecular flexibility index (Phi) is 7.05. The maximum Gasteiger partial charge on any atom is 0.338 e. The number of rotatable bonds is 6. The molecule has 28 heavy (non-hydrogen) atoms. The zero-order valence-corrected chi connectivity index (χ0v) is 15.5. The number of ether oxygens (including phenoxy) is 1. The maximum absolute atomic E-state index is 12.2. The molecule has 2 rings (SSSR count). The second-order valence-corrected chi connectivity index (χ2v) is 5.99. The Morgan fingerprint density at radius 1 is 1.07 bits per heavy atom. The highest BCUT2D eigenvalue weighted by Crippen LogP contribution is 2.18. The Balaban J connectivity index is 2.07. The molecule has 0 spiro atoms. The zero-order chi connectivity index (χ0) is 20.7. The fourth-order valence-electron chi connectivity index (χ4n) is 2.21. The molecule has 10 heteroatoms. The number of hydrogen-bond donors (Lipinski definition) is 2. The Morgan fingerprint density at radius 3 is 2.32 bits per heavy atom. The molecule has 0 unspecified atom stereocenters. The third kappa shape index (κ3) is 5.78. The first kappa shape index (κ1) is 20.8. The molecule has 0 aliphatic heterocycles. The van der Waals surface area contributed by atoms with Gasteiger partial charge in [0.25, 0.3) is 11.6 Å². The molecule has 9 nitrogen and oxygen atoms in total. The maximum atomic E-state index is 12.2. The third-order valence-electron chi connectivity index (χ3n) is 3.50. The lowest BCUT2D eigenvalue weighted by Gasteiger charge is -2.09. The summed E-state index contributed by atoms with van der Waals surface area (Å²) in [6, 6.07) is 9.72. The summed E-state index contributed by atoms with van der Waals surface area (Å²) in [6.07, 6.45) is -0.0134. The van der Waals surface area contributed by atoms with E-state index < -0.39 is 28.4 Å². The van der Waals surface area contributed by atoms with E-state index in [2.05, 4.69) is 10.9 Å². The van der Waals surface area contributed by atoms with Crippen molar-refractivity contribution in [2.24, 2.45) is 0 Å². The molecule has 0 atom stereocenters. The normalized spacial score (nSPS) is 10.1. The SMILES string of the molecule is CCOC(=O)c1cc(C(=O)NNC(=O)Cc2ccc(Cl)cc2)cc([N+](=O)[O-])c1. The fourth-order valence-corrected chi connectivity index (χ4v) is 2.34. The highest BCUT2D eigenvalue weighted by atomic mass is 35.5. The van der Waals surface area contributed by atoms with E-state index in [1.54, 1.807) is 31.2 Å². The van der Waals surface area contributed by atoms with E-state index in [9.17, 15) is 24.5 Å². The molecule has 2 aromatic carbocycles. The van der Waals surface area contributed by atoms with Gasteiger partial charge in [0.05, 0.1) is 23.5 Å². The van der Waals surface area contributed by atoms with E-state index in [4.69, 9.17) is 16.3 Å². The Bertz CT molecular complexity index is 914. The van der Waals surface area contributed by atoms with Crippen LogP contribution in [-0.4, -0.2) is 29.3 Å². The fraction of sp³-hybridized carbons (Fsp3) is 0.167. The highest BCUT2D eigenvalue weighted by molar-refractivity contribution is 6.30. The van der Waals surface area contributed by atoms with Gasteiger partial charge in [-0.3, -0.25) is 30.6 Å². The molecule has 0 aliphatic carbocycles. The van der Waals surface area contributed by atoms with Crippen LogP contribution in [0.2, 0.25) is 5.02 Å². The third-order valence-corrected chi connectivity index (χ3v) is 3.75. The molecule has 0 aliphatic rings. The predicted octanol–water partition coefficient (Wildman–Crippen LogP) is 2.43. The van der Waals surface area contributed by atoms with Gasteiger partial charge in [0.1, 0.15) is 0 Å². The van der Waals surface area contributed by atoms with Crippen molar-refractivity contribution in [3.8, 4) is 0 Å². The number of hydrazine groups is 1. The number of hydrogen-bond acceptors (Lipinski definition) is 6. The van der Waals surface area contributed by atoms with Crippen molar-refractivity contribution in [3.63, 3.8) is 0 Å². The molecule has 0 saturated heterocycles. The van der Waals surface area contributed by atoms with Crippen molar-refractivity contribution in [1.29, 1.82) is 0 Å². The number of nitrogens with one attached hydrogen (secondary N) is 2. The molecule has 0 aromatic heterocycles. The molecular weight excluding hydrogens is 390 g/mol. The minimum absolute atomic E-state index is 0.0134. The monoisotopic (exact) mass is 405 g/mol. The molecule has 0 bridgehead atoms. The average Bonchev–Trinajstić information content (AvgIpc) is 2.67. The first-order chi connectivity index (χ1) is 13.3. The number of carbonyl (C=O) groups excluding carboxylic acids is 3. The second kappa shape index (κ2) is 9.47. The number of nitrogens with zero attached hydrogens (tertiary/aromatic N) is 1. The number of amides is 2. The highest BCUT2D eigenvalue weighted by Gasteiger charge is 2.19. The average molecular weight is 406 g/mol. The van der Waals surface area contributed by atoms with E-state index in [0.717, 1.165) is 18.2 Å². The predicted molar refractivity (Wildman–Crippen MR) is 99.8 cm³/mol. The van der Waals surface area contributed by atoms with Crippen molar-refractivity contribution >= 4 is 35.1 Å². The van der Waals surface area contributed by atoms with E-state index in [1.165, 1.54) is 0 Å². The first-order valence-corrected chi connectivity index (χ1v) is 8.48. The Morgan fingerprint density at radius 2 is 1.71 bits per heavy atom. The lowest BCUT2D eigenvalue weighted by molar-refractivity contribution is -0.384. The summed E-state index contributed by atoms with van der Waals surface area (Å²) >= 11 is 5.77. The van der Waals surface area contributed by atoms with E-state index in [0.29, 0.717) is 10.6 Å². The molecule has 146 valence electrons. The molecule has 0 radical (unpaired) electrons. The molecule has 2 aromatic rings. The van der Waals surface area contributed by atoms with Gasteiger partial charge < -0.3 is 4.74 Å². The van der Waals surface area contributed by atoms with Crippen molar-refractivity contribution < 1.29 is 24.0 Å². The summed E-state index contributed by atoms with van der Waals surface area (Å²) in [5.74, 6) is -2.13. The molecule has 0 fully saturated rings. The van der Waals surface area contributed by atoms with Gasteiger partial charge >= 0.3 is 5.97 Å². The van der Waals surface area contributed by atoms with Crippen LogP contribution in [0.1, 0.15) is 33.2 Å². The van der Waals surface area contributed by atoms with Crippen LogP contribution in [0, 0.1) is 10.1 Å². The minimum atomic E-state index is -0.821. The molecule has 2 N–H and O–H groups in total. The van der Waals surface area contributed by atoms with Gasteiger partial charge in [-0.05, 0) is 30.7 Å². The summed E-state index contributed by atoms with van der Waals surface area (Å²) in [7, 11) is 0. The van der Waals surface area contributed by atoms with E-state index in [1.807, 2.05) is 0 Å². The lowest BCUT2D eigenvalue weighted by atomic mass is 10.1. The van der Waals surface area contributed by atoms with E-state index in [-0.39, 0.29) is 24.2 Å². The minimum Gasteiger partial charge on any atom is -0.462 e. The number of benzene rings is 2. The van der Waals surface area contributed by atoms with Gasteiger partial charge in [0, 0.05) is 22.7 Å². The summed E-state index contributed by atoms with van der Waals surface area (Å²) in [4.78, 5) is 46.3. The van der Waals surface area contributed by atoms with Crippen LogP contribution in [0.15, 0.2) is 42.5 Å². The summed E-state index contributed by atoms with van der Waals surface area (Å²) in [5.41, 5.74) is 4.26. The summed E-state index contributed by atoms with van der Waals surface area (Å²) < 4.78 is 4.80. The van der Waals surface area contributed by atoms with Crippen molar-refractivity contribution in [3.05, 3.63) is 74.3 Å². The van der Waals surface area contributed by atoms with Crippen molar-refractivity contribution in [2.75, 3.05) is 6.61 Å². The second-order valence-electron chi connectivity index (χ2n) is 5.55. The van der Waals surface area contributed by atoms with Crippen LogP contribution in [0.3, 0.4) is 0 Å². The smallest absolute Gasteiger partial charge is 0.338 e. The Hall–Kier alpha value is -3.46. The summed E-state index contributed by atoms with van der Waals surface area (Å²) in [6.45, 7) is 1.66. The molecule has 0 saturated carbocycles. The van der Waals surface area contributed by atoms with Crippen LogP contribution in [0.5, 0.6) is 0 Å². The number of carbonyl (C=O) groups is 3. The van der Waals surface area contributed by atoms with Crippen molar-refractivity contribution in [1.82, 2.24) is 10.9 Å². The number of nitro benzene ring substituents is 1. The van der Waals surface area contributed by atoms with Gasteiger partial charge in [0.2, 0.25) is 5.91 Å². The van der Waals surface area contributed by atoms with Gasteiger partial charge in [-0.2, -0.15) is 0 Å². The van der Waals surface area contributed by atoms with Crippen LogP contribution >= 0.6 is 11.6 Å². The van der Waals surface area contributed by atoms with Gasteiger partial charge in [-0.15, -0.1) is 0 Å².